The van der Waals surface area contributed by atoms with Crippen LogP contribution in [0.4, 0.5) is 0 Å². The summed E-state index contributed by atoms with van der Waals surface area (Å²) in [5, 5.41) is 41.9. The molecule has 2 saturated heterocycles. The maximum atomic E-state index is 14.3. The molecule has 0 aromatic rings. The maximum absolute atomic E-state index is 14.3. The van der Waals surface area contributed by atoms with E-state index >= 15 is 0 Å². The second-order valence-electron chi connectivity index (χ2n) is 19.5. The number of carbonyl (C=O) groups excluding carboxylic acids is 8. The molecule has 0 saturated carbocycles. The fourth-order valence-corrected chi connectivity index (χ4v) is 9.05. The van der Waals surface area contributed by atoms with Crippen molar-refractivity contribution in [1.82, 2.24) is 47.4 Å². The number of likely N-dealkylation sites (tertiary alicyclic amines) is 1. The molecule has 26 nitrogen and oxygen atoms in total. The summed E-state index contributed by atoms with van der Waals surface area (Å²) < 4.78 is 0. The van der Waals surface area contributed by atoms with Gasteiger partial charge in [0.25, 0.3) is 0 Å². The Balaban J connectivity index is 2.35. The van der Waals surface area contributed by atoms with Crippen molar-refractivity contribution in [1.29, 1.82) is 0 Å². The molecule has 0 aliphatic carbocycles. The molecule has 0 radical (unpaired) electrons. The van der Waals surface area contributed by atoms with Gasteiger partial charge in [0.15, 0.2) is 0 Å². The van der Waals surface area contributed by atoms with Gasteiger partial charge in [0.1, 0.15) is 48.3 Å². The van der Waals surface area contributed by atoms with Crippen molar-refractivity contribution in [2.75, 3.05) is 59.0 Å². The first kappa shape index (κ1) is 66.0. The minimum Gasteiger partial charge on any atom is -0.480 e. The standard InChI is InChI=1S/C49H93N15O11/c50-23-7-1-15-32(41(66)58-34(17-3-9-25-52)43(68)60-36(19-5-11-27-54)45(70)62-38(49(74)75)20-6-12-28-55)57-42(67)33(16-2-8-24-51)59-44(69)35(18-4-10-26-53)61-46(71)39(31-65)63-47(72)40-22-14-30-64(40)48(73)37-21-13-29-56-37/h32-40,56,65H,1-31,50-55H2,(H,57,67)(H,58,66)(H,59,69)(H,60,68)(H,61,71)(H,62,70)(H,63,72)(H,74,75)/t32-,33-,34-,35-,36-,37-,38-,39-,40-/m0/s1. The van der Waals surface area contributed by atoms with Crippen LogP contribution in [0.5, 0.6) is 0 Å². The number of amides is 8. The number of carbonyl (C=O) groups is 9. The van der Waals surface area contributed by atoms with E-state index in [2.05, 4.69) is 42.5 Å². The van der Waals surface area contributed by atoms with Crippen molar-refractivity contribution in [3.63, 3.8) is 0 Å². The Labute approximate surface area is 441 Å². The molecule has 2 heterocycles. The molecule has 2 fully saturated rings. The SMILES string of the molecule is NCCCC[C@H](NC(=O)[C@H](CCCCN)NC(=O)[C@H](CCCCN)NC(=O)[C@H](CCCCN)NC(=O)[C@H](CCCCN)NC(=O)[C@H](CCCCN)NC(=O)[C@H](CO)NC(=O)[C@@H]1CCCN1C(=O)[C@@H]1CCCN1)C(=O)O. The van der Waals surface area contributed by atoms with Crippen LogP contribution in [0.1, 0.15) is 141 Å². The number of unbranched alkanes of at least 4 members (excludes halogenated alkanes) is 6. The molecular formula is C49H93N15O11. The fraction of sp³-hybridized carbons (Fsp3) is 0.816. The van der Waals surface area contributed by atoms with Gasteiger partial charge >= 0.3 is 5.97 Å². The second-order valence-corrected chi connectivity index (χ2v) is 19.5. The van der Waals surface area contributed by atoms with Gasteiger partial charge in [-0.3, -0.25) is 38.4 Å². The molecule has 26 heteroatoms. The van der Waals surface area contributed by atoms with Crippen LogP contribution in [-0.4, -0.2) is 182 Å². The molecule has 2 aliphatic rings. The smallest absolute Gasteiger partial charge is 0.326 e. The number of rotatable bonds is 41. The van der Waals surface area contributed by atoms with Crippen LogP contribution in [0.2, 0.25) is 0 Å². The number of aliphatic hydroxyl groups excluding tert-OH is 1. The first-order valence-corrected chi connectivity index (χ1v) is 27.3. The van der Waals surface area contributed by atoms with Gasteiger partial charge in [-0.15, -0.1) is 0 Å². The van der Waals surface area contributed by atoms with E-state index in [0.29, 0.717) is 129 Å². The number of hydrogen-bond donors (Lipinski definition) is 16. The molecule has 430 valence electrons. The highest BCUT2D eigenvalue weighted by molar-refractivity contribution is 5.98. The highest BCUT2D eigenvalue weighted by Gasteiger charge is 2.40. The van der Waals surface area contributed by atoms with Crippen molar-refractivity contribution < 1.29 is 53.4 Å². The summed E-state index contributed by atoms with van der Waals surface area (Å²) in [6, 6.07) is -10.1. The average Bonchev–Trinajstić information content (AvgIpc) is 4.13. The first-order valence-electron chi connectivity index (χ1n) is 27.3. The monoisotopic (exact) mass is 1070 g/mol. The Morgan fingerprint density at radius 1 is 0.440 bits per heavy atom. The summed E-state index contributed by atoms with van der Waals surface area (Å²) in [4.78, 5) is 124. The summed E-state index contributed by atoms with van der Waals surface area (Å²) in [5.41, 5.74) is 34.4. The van der Waals surface area contributed by atoms with Crippen LogP contribution >= 0.6 is 0 Å². The summed E-state index contributed by atoms with van der Waals surface area (Å²) in [5.74, 6) is -6.62. The average molecular weight is 1070 g/mol. The van der Waals surface area contributed by atoms with Gasteiger partial charge in [-0.2, -0.15) is 0 Å². The minimum atomic E-state index is -1.48. The number of carboxylic acids is 1. The Morgan fingerprint density at radius 3 is 1.05 bits per heavy atom. The lowest BCUT2D eigenvalue weighted by atomic mass is 10.0. The Kier molecular flexibility index (Phi) is 33.8. The number of nitrogens with one attached hydrogen (secondary N) is 8. The van der Waals surface area contributed by atoms with Gasteiger partial charge in [-0.1, -0.05) is 0 Å². The highest BCUT2D eigenvalue weighted by Crippen LogP contribution is 2.21. The zero-order valence-electron chi connectivity index (χ0n) is 44.1. The van der Waals surface area contributed by atoms with E-state index in [0.717, 1.165) is 6.42 Å². The summed E-state index contributed by atoms with van der Waals surface area (Å²) in [7, 11) is 0. The number of nitrogens with zero attached hydrogens (tertiary/aromatic N) is 1. The zero-order chi connectivity index (χ0) is 55.5. The van der Waals surface area contributed by atoms with Gasteiger partial charge in [0, 0.05) is 6.54 Å². The molecular weight excluding hydrogens is 975 g/mol. The van der Waals surface area contributed by atoms with E-state index in [1.165, 1.54) is 4.90 Å². The van der Waals surface area contributed by atoms with Crippen LogP contribution in [0.25, 0.3) is 0 Å². The summed E-state index contributed by atoms with van der Waals surface area (Å²) in [6.45, 7) is 2.04. The van der Waals surface area contributed by atoms with Crippen molar-refractivity contribution in [3.05, 3.63) is 0 Å². The minimum absolute atomic E-state index is 0.0689. The lowest BCUT2D eigenvalue weighted by Gasteiger charge is -2.29. The Hall–Kier alpha value is -5.09. The van der Waals surface area contributed by atoms with Crippen LogP contribution in [0.3, 0.4) is 0 Å². The number of hydrogen-bond acceptors (Lipinski definition) is 17. The predicted octanol–water partition coefficient (Wildman–Crippen LogP) is -4.03. The molecule has 0 bridgehead atoms. The van der Waals surface area contributed by atoms with E-state index in [9.17, 15) is 53.4 Å². The van der Waals surface area contributed by atoms with Gasteiger partial charge in [-0.25, -0.2) is 4.79 Å². The van der Waals surface area contributed by atoms with Gasteiger partial charge in [0.2, 0.25) is 47.3 Å². The van der Waals surface area contributed by atoms with E-state index in [1.54, 1.807) is 0 Å². The van der Waals surface area contributed by atoms with E-state index in [1.807, 2.05) is 0 Å². The highest BCUT2D eigenvalue weighted by atomic mass is 16.4. The molecule has 8 amide bonds. The largest absolute Gasteiger partial charge is 0.480 e. The predicted molar refractivity (Wildman–Crippen MR) is 281 cm³/mol. The Bertz CT molecular complexity index is 1760. The van der Waals surface area contributed by atoms with Crippen LogP contribution in [0.15, 0.2) is 0 Å². The normalized spacial score (nSPS) is 18.1. The van der Waals surface area contributed by atoms with Crippen molar-refractivity contribution in [3.8, 4) is 0 Å². The third kappa shape index (κ3) is 24.6. The zero-order valence-corrected chi connectivity index (χ0v) is 44.1. The molecule has 0 unspecified atom stereocenters. The van der Waals surface area contributed by atoms with Crippen molar-refractivity contribution in [2.24, 2.45) is 34.4 Å². The molecule has 2 rings (SSSR count). The molecule has 9 atom stereocenters. The fourth-order valence-electron chi connectivity index (χ4n) is 9.05. The third-order valence-electron chi connectivity index (χ3n) is 13.5. The molecule has 0 spiro atoms. The summed E-state index contributed by atoms with van der Waals surface area (Å²) in [6.07, 6.45) is 8.40. The second kappa shape index (κ2) is 38.5. The van der Waals surface area contributed by atoms with E-state index < -0.39 is 108 Å². The lowest BCUT2D eigenvalue weighted by molar-refractivity contribution is -0.142. The molecule has 2 aliphatic heterocycles. The molecule has 75 heavy (non-hydrogen) atoms. The molecule has 0 aromatic heterocycles. The van der Waals surface area contributed by atoms with E-state index in [-0.39, 0.29) is 64.1 Å². The quantitative estimate of drug-likeness (QED) is 0.0259. The van der Waals surface area contributed by atoms with Crippen LogP contribution in [-0.2, 0) is 43.2 Å². The van der Waals surface area contributed by atoms with Crippen LogP contribution < -0.4 is 76.9 Å². The number of aliphatic carboxylic acids is 1. The van der Waals surface area contributed by atoms with Gasteiger partial charge in [0.05, 0.1) is 12.6 Å². The number of nitrogens with two attached hydrogens (primary N) is 6. The molecule has 22 N–H and O–H groups in total. The lowest BCUT2D eigenvalue weighted by Crippen LogP contribution is -2.60. The van der Waals surface area contributed by atoms with Crippen molar-refractivity contribution in [2.45, 2.75) is 196 Å². The number of carboxylic acid groups (broad SMARTS) is 1. The number of aliphatic hydroxyl groups is 1. The van der Waals surface area contributed by atoms with E-state index in [4.69, 9.17) is 34.4 Å². The Morgan fingerprint density at radius 2 is 0.760 bits per heavy atom. The first-order chi connectivity index (χ1) is 36.1. The van der Waals surface area contributed by atoms with Crippen LogP contribution in [0, 0.1) is 0 Å². The van der Waals surface area contributed by atoms with Gasteiger partial charge in [-0.05, 0) is 187 Å². The molecule has 0 aromatic carbocycles. The topological polar surface area (TPSA) is 450 Å². The summed E-state index contributed by atoms with van der Waals surface area (Å²) >= 11 is 0. The third-order valence-corrected chi connectivity index (χ3v) is 13.5. The van der Waals surface area contributed by atoms with Crippen molar-refractivity contribution >= 4 is 53.2 Å². The van der Waals surface area contributed by atoms with Gasteiger partial charge < -0.3 is 92.0 Å². The maximum Gasteiger partial charge on any atom is 0.326 e.